The minimum absolute atomic E-state index is 0.0378. The first-order valence-electron chi connectivity index (χ1n) is 7.28. The smallest absolute Gasteiger partial charge is 0.261 e. The molecular formula is C16H15N3O5S2. The Morgan fingerprint density at radius 2 is 1.92 bits per heavy atom. The van der Waals surface area contributed by atoms with Gasteiger partial charge >= 0.3 is 0 Å². The number of primary sulfonamides is 1. The van der Waals surface area contributed by atoms with Crippen LogP contribution in [-0.4, -0.2) is 33.5 Å². The van der Waals surface area contributed by atoms with Crippen LogP contribution < -0.4 is 19.9 Å². The Kier molecular flexibility index (Phi) is 4.81. The number of carbonyl (C=O) groups excluding carboxylic acids is 1. The molecule has 0 unspecified atom stereocenters. The number of carbonyl (C=O) groups is 1. The number of hydrogen-bond donors (Lipinski definition) is 2. The fourth-order valence-corrected chi connectivity index (χ4v) is 3.72. The van der Waals surface area contributed by atoms with Gasteiger partial charge in [0.05, 0.1) is 34.9 Å². The molecule has 0 atom stereocenters. The van der Waals surface area contributed by atoms with Crippen LogP contribution in [0.25, 0.3) is 10.2 Å². The van der Waals surface area contributed by atoms with Crippen molar-refractivity contribution in [2.75, 3.05) is 19.5 Å². The molecule has 2 aromatic carbocycles. The summed E-state index contributed by atoms with van der Waals surface area (Å²) in [4.78, 5) is 16.7. The third-order valence-corrected chi connectivity index (χ3v) is 5.40. The van der Waals surface area contributed by atoms with Gasteiger partial charge in [0.2, 0.25) is 10.0 Å². The molecule has 1 aromatic heterocycles. The Morgan fingerprint density at radius 1 is 1.15 bits per heavy atom. The van der Waals surface area contributed by atoms with Crippen LogP contribution >= 0.6 is 11.3 Å². The summed E-state index contributed by atoms with van der Waals surface area (Å²) in [6.07, 6.45) is 0. The van der Waals surface area contributed by atoms with Crippen LogP contribution in [0.4, 0.5) is 5.13 Å². The van der Waals surface area contributed by atoms with Crippen LogP contribution in [0.5, 0.6) is 11.5 Å². The van der Waals surface area contributed by atoms with Gasteiger partial charge in [-0.05, 0) is 36.4 Å². The quantitative estimate of drug-likeness (QED) is 0.686. The minimum atomic E-state index is -3.95. The summed E-state index contributed by atoms with van der Waals surface area (Å²) in [5.41, 5.74) is 0.743. The number of fused-ring (bicyclic) bond motifs is 1. The highest BCUT2D eigenvalue weighted by Crippen LogP contribution is 2.30. The summed E-state index contributed by atoms with van der Waals surface area (Å²) in [5.74, 6) is 0.345. The monoisotopic (exact) mass is 393 g/mol. The van der Waals surface area contributed by atoms with Gasteiger partial charge in [0, 0.05) is 0 Å². The average molecular weight is 393 g/mol. The zero-order chi connectivity index (χ0) is 18.9. The van der Waals surface area contributed by atoms with Crippen molar-refractivity contribution in [1.29, 1.82) is 0 Å². The number of sulfonamides is 1. The SMILES string of the molecule is COc1ccc2nc(NC(=O)c3cc(S(N)(=O)=O)ccc3OC)sc2c1. The predicted octanol–water partition coefficient (Wildman–Crippen LogP) is 2.21. The Hall–Kier alpha value is -2.69. The Balaban J connectivity index is 1.94. The summed E-state index contributed by atoms with van der Waals surface area (Å²) < 4.78 is 34.2. The Morgan fingerprint density at radius 3 is 2.58 bits per heavy atom. The standard InChI is InChI=1S/C16H15N3O5S2/c1-23-9-3-5-12-14(7-9)25-16(18-12)19-15(20)11-8-10(26(17,21)22)4-6-13(11)24-2/h3-8H,1-2H3,(H2,17,21,22)(H,18,19,20). The molecule has 26 heavy (non-hydrogen) atoms. The highest BCUT2D eigenvalue weighted by atomic mass is 32.2. The van der Waals surface area contributed by atoms with Crippen molar-refractivity contribution < 1.29 is 22.7 Å². The minimum Gasteiger partial charge on any atom is -0.497 e. The number of nitrogens with one attached hydrogen (secondary N) is 1. The molecule has 0 saturated carbocycles. The lowest BCUT2D eigenvalue weighted by atomic mass is 10.2. The van der Waals surface area contributed by atoms with Crippen LogP contribution in [0.1, 0.15) is 10.4 Å². The van der Waals surface area contributed by atoms with Crippen LogP contribution in [0, 0.1) is 0 Å². The molecular weight excluding hydrogens is 378 g/mol. The third-order valence-electron chi connectivity index (χ3n) is 3.56. The van der Waals surface area contributed by atoms with Crippen molar-refractivity contribution in [2.45, 2.75) is 4.90 Å². The maximum absolute atomic E-state index is 12.6. The summed E-state index contributed by atoms with van der Waals surface area (Å²) in [6.45, 7) is 0. The van der Waals surface area contributed by atoms with Crippen molar-refractivity contribution in [2.24, 2.45) is 5.14 Å². The van der Waals surface area contributed by atoms with E-state index in [-0.39, 0.29) is 16.2 Å². The molecule has 136 valence electrons. The van der Waals surface area contributed by atoms with Crippen molar-refractivity contribution in [3.63, 3.8) is 0 Å². The fourth-order valence-electron chi connectivity index (χ4n) is 2.29. The molecule has 0 aliphatic heterocycles. The van der Waals surface area contributed by atoms with E-state index < -0.39 is 15.9 Å². The van der Waals surface area contributed by atoms with Crippen molar-refractivity contribution in [3.05, 3.63) is 42.0 Å². The van der Waals surface area contributed by atoms with E-state index in [1.807, 2.05) is 6.07 Å². The van der Waals surface area contributed by atoms with Gasteiger partial charge in [0.15, 0.2) is 5.13 Å². The van der Waals surface area contributed by atoms with Gasteiger partial charge in [-0.25, -0.2) is 18.5 Å². The second-order valence-corrected chi connectivity index (χ2v) is 7.81. The van der Waals surface area contributed by atoms with Crippen LogP contribution in [-0.2, 0) is 10.0 Å². The maximum Gasteiger partial charge on any atom is 0.261 e. The molecule has 1 heterocycles. The first-order chi connectivity index (χ1) is 12.3. The lowest BCUT2D eigenvalue weighted by molar-refractivity contribution is 0.102. The van der Waals surface area contributed by atoms with Gasteiger partial charge in [-0.3, -0.25) is 10.1 Å². The van der Waals surface area contributed by atoms with Crippen molar-refractivity contribution in [3.8, 4) is 11.5 Å². The molecule has 0 spiro atoms. The molecule has 10 heteroatoms. The normalized spacial score (nSPS) is 11.3. The molecule has 0 saturated heterocycles. The summed E-state index contributed by atoms with van der Waals surface area (Å²) in [7, 11) is -1.00. The zero-order valence-corrected chi connectivity index (χ0v) is 15.5. The number of nitrogens with zero attached hydrogens (tertiary/aromatic N) is 1. The highest BCUT2D eigenvalue weighted by molar-refractivity contribution is 7.89. The topological polar surface area (TPSA) is 121 Å². The van der Waals surface area contributed by atoms with Crippen LogP contribution in [0.15, 0.2) is 41.3 Å². The molecule has 8 nitrogen and oxygen atoms in total. The molecule has 3 aromatic rings. The number of anilines is 1. The second kappa shape index (κ2) is 6.90. The number of aromatic nitrogens is 1. The number of benzene rings is 2. The molecule has 3 rings (SSSR count). The molecule has 0 aliphatic rings. The van der Waals surface area contributed by atoms with E-state index in [2.05, 4.69) is 10.3 Å². The summed E-state index contributed by atoms with van der Waals surface area (Å²) >= 11 is 1.27. The van der Waals surface area contributed by atoms with E-state index in [1.165, 1.54) is 36.6 Å². The number of nitrogens with two attached hydrogens (primary N) is 1. The number of thiazole rings is 1. The Bertz CT molecular complexity index is 1090. The van der Waals surface area contributed by atoms with Gasteiger partial charge in [0.1, 0.15) is 11.5 Å². The maximum atomic E-state index is 12.6. The summed E-state index contributed by atoms with van der Waals surface area (Å²) in [6, 6.07) is 9.17. The predicted molar refractivity (Wildman–Crippen MR) is 98.5 cm³/mol. The van der Waals surface area contributed by atoms with Crippen molar-refractivity contribution in [1.82, 2.24) is 4.98 Å². The number of rotatable bonds is 5. The first-order valence-corrected chi connectivity index (χ1v) is 9.65. The van der Waals surface area contributed by atoms with E-state index in [4.69, 9.17) is 14.6 Å². The molecule has 3 N–H and O–H groups in total. The molecule has 1 amide bonds. The van der Waals surface area contributed by atoms with E-state index in [9.17, 15) is 13.2 Å². The highest BCUT2D eigenvalue weighted by Gasteiger charge is 2.18. The van der Waals surface area contributed by atoms with Crippen molar-refractivity contribution >= 4 is 42.6 Å². The number of ether oxygens (including phenoxy) is 2. The first kappa shape index (κ1) is 18.1. The molecule has 0 bridgehead atoms. The van der Waals surface area contributed by atoms with Gasteiger partial charge in [-0.1, -0.05) is 11.3 Å². The third kappa shape index (κ3) is 3.62. The second-order valence-electron chi connectivity index (χ2n) is 5.21. The largest absolute Gasteiger partial charge is 0.497 e. The summed E-state index contributed by atoms with van der Waals surface area (Å²) in [5, 5.41) is 8.14. The van der Waals surface area contributed by atoms with Gasteiger partial charge in [-0.15, -0.1) is 0 Å². The average Bonchev–Trinajstić information content (AvgIpc) is 3.01. The van der Waals surface area contributed by atoms with Crippen LogP contribution in [0.3, 0.4) is 0 Å². The number of amides is 1. The lowest BCUT2D eigenvalue weighted by Gasteiger charge is -2.09. The van der Waals surface area contributed by atoms with Gasteiger partial charge in [-0.2, -0.15) is 0 Å². The fraction of sp³-hybridized carbons (Fsp3) is 0.125. The van der Waals surface area contributed by atoms with Crippen LogP contribution in [0.2, 0.25) is 0 Å². The lowest BCUT2D eigenvalue weighted by Crippen LogP contribution is -2.16. The van der Waals surface area contributed by atoms with E-state index >= 15 is 0 Å². The molecule has 0 fully saturated rings. The zero-order valence-electron chi connectivity index (χ0n) is 13.8. The number of methoxy groups -OCH3 is 2. The molecule has 0 radical (unpaired) electrons. The van der Waals surface area contributed by atoms with E-state index in [0.29, 0.717) is 16.4 Å². The Labute approximate surface area is 153 Å². The molecule has 0 aliphatic carbocycles. The van der Waals surface area contributed by atoms with E-state index in [0.717, 1.165) is 4.70 Å². The van der Waals surface area contributed by atoms with E-state index in [1.54, 1.807) is 19.2 Å². The number of hydrogen-bond acceptors (Lipinski definition) is 7. The van der Waals surface area contributed by atoms with Gasteiger partial charge in [0.25, 0.3) is 5.91 Å². The van der Waals surface area contributed by atoms with Gasteiger partial charge < -0.3 is 9.47 Å².